The molecule has 1 heterocycles. The van der Waals surface area contributed by atoms with E-state index in [9.17, 15) is 14.9 Å². The minimum absolute atomic E-state index is 0.00911. The number of amides is 1. The SMILES string of the molecule is CCNC(=O)C1CSC(C)(c2cc(Br)cc([N+](=O)[O-])c2)SC1. The van der Waals surface area contributed by atoms with E-state index < -0.39 is 0 Å². The van der Waals surface area contributed by atoms with Crippen LogP contribution in [0.15, 0.2) is 22.7 Å². The van der Waals surface area contributed by atoms with Crippen molar-refractivity contribution in [2.45, 2.75) is 17.9 Å². The van der Waals surface area contributed by atoms with Gasteiger partial charge in [-0.1, -0.05) is 15.9 Å². The van der Waals surface area contributed by atoms with Gasteiger partial charge in [0.15, 0.2) is 0 Å². The molecule has 0 saturated carbocycles. The number of hydrogen-bond donors (Lipinski definition) is 1. The first kappa shape index (κ1) is 17.6. The van der Waals surface area contributed by atoms with E-state index in [0.29, 0.717) is 11.0 Å². The quantitative estimate of drug-likeness (QED) is 0.610. The lowest BCUT2D eigenvalue weighted by Crippen LogP contribution is -2.37. The van der Waals surface area contributed by atoms with Gasteiger partial charge in [-0.15, -0.1) is 23.5 Å². The summed E-state index contributed by atoms with van der Waals surface area (Å²) in [6, 6.07) is 5.04. The third kappa shape index (κ3) is 3.97. The third-order valence-electron chi connectivity index (χ3n) is 3.46. The largest absolute Gasteiger partial charge is 0.356 e. The molecular weight excluding hydrogens is 388 g/mol. The molecule has 1 aromatic rings. The number of thioether (sulfide) groups is 2. The molecular formula is C14H17BrN2O3S2. The number of nitrogens with one attached hydrogen (secondary N) is 1. The van der Waals surface area contributed by atoms with E-state index in [0.717, 1.165) is 17.1 Å². The average Bonchev–Trinajstić information content (AvgIpc) is 2.47. The van der Waals surface area contributed by atoms with Crippen molar-refractivity contribution in [2.24, 2.45) is 5.92 Å². The molecule has 0 unspecified atom stereocenters. The summed E-state index contributed by atoms with van der Waals surface area (Å²) in [5.41, 5.74) is 0.982. The number of benzene rings is 1. The molecule has 5 nitrogen and oxygen atoms in total. The smallest absolute Gasteiger partial charge is 0.270 e. The molecule has 1 N–H and O–H groups in total. The Hall–Kier alpha value is -0.730. The lowest BCUT2D eigenvalue weighted by Gasteiger charge is -2.36. The van der Waals surface area contributed by atoms with E-state index in [1.807, 2.05) is 13.0 Å². The van der Waals surface area contributed by atoms with Crippen LogP contribution in [0.1, 0.15) is 19.4 Å². The number of hydrogen-bond acceptors (Lipinski definition) is 5. The fourth-order valence-electron chi connectivity index (χ4n) is 2.19. The van der Waals surface area contributed by atoms with Crippen molar-refractivity contribution in [1.29, 1.82) is 0 Å². The maximum atomic E-state index is 11.9. The first-order valence-electron chi connectivity index (χ1n) is 6.87. The van der Waals surface area contributed by atoms with Crippen LogP contribution in [0.2, 0.25) is 0 Å². The summed E-state index contributed by atoms with van der Waals surface area (Å²) in [6.45, 7) is 4.60. The standard InChI is InChI=1S/C14H17BrN2O3S2/c1-3-16-13(18)9-7-21-14(2,22-8-9)10-4-11(15)6-12(5-10)17(19)20/h4-6,9H,3,7-8H2,1-2H3,(H,16,18). The van der Waals surface area contributed by atoms with E-state index in [4.69, 9.17) is 0 Å². The van der Waals surface area contributed by atoms with E-state index in [1.165, 1.54) is 6.07 Å². The number of carbonyl (C=O) groups excluding carboxylic acids is 1. The summed E-state index contributed by atoms with van der Waals surface area (Å²) in [6.07, 6.45) is 0. The Kier molecular flexibility index (Phi) is 5.79. The second kappa shape index (κ2) is 7.23. The van der Waals surface area contributed by atoms with Gasteiger partial charge < -0.3 is 5.32 Å². The fourth-order valence-corrected chi connectivity index (χ4v) is 5.71. The highest BCUT2D eigenvalue weighted by atomic mass is 79.9. The average molecular weight is 405 g/mol. The van der Waals surface area contributed by atoms with Crippen molar-refractivity contribution < 1.29 is 9.72 Å². The lowest BCUT2D eigenvalue weighted by atomic mass is 10.1. The fraction of sp³-hybridized carbons (Fsp3) is 0.500. The summed E-state index contributed by atoms with van der Waals surface area (Å²) >= 11 is 6.68. The summed E-state index contributed by atoms with van der Waals surface area (Å²) in [5.74, 6) is 1.51. The van der Waals surface area contributed by atoms with Gasteiger partial charge >= 0.3 is 0 Å². The summed E-state index contributed by atoms with van der Waals surface area (Å²) in [4.78, 5) is 22.6. The molecule has 0 radical (unpaired) electrons. The molecule has 1 aliphatic heterocycles. The maximum Gasteiger partial charge on any atom is 0.270 e. The summed E-state index contributed by atoms with van der Waals surface area (Å²) in [7, 11) is 0. The topological polar surface area (TPSA) is 72.2 Å². The predicted molar refractivity (Wildman–Crippen MR) is 95.2 cm³/mol. The minimum atomic E-state index is -0.382. The molecule has 8 heteroatoms. The maximum absolute atomic E-state index is 11.9. The molecule has 0 atom stereocenters. The Morgan fingerprint density at radius 1 is 1.45 bits per heavy atom. The number of nitrogens with zero attached hydrogens (tertiary/aromatic N) is 1. The first-order valence-corrected chi connectivity index (χ1v) is 9.63. The van der Waals surface area contributed by atoms with Gasteiger partial charge in [-0.3, -0.25) is 14.9 Å². The van der Waals surface area contributed by atoms with Crippen LogP contribution in [0.5, 0.6) is 0 Å². The zero-order chi connectivity index (χ0) is 16.3. The summed E-state index contributed by atoms with van der Waals surface area (Å²) < 4.78 is 0.419. The van der Waals surface area contributed by atoms with Gasteiger partial charge in [-0.25, -0.2) is 0 Å². The predicted octanol–water partition coefficient (Wildman–Crippen LogP) is 3.76. The third-order valence-corrected chi connectivity index (χ3v) is 7.34. The number of nitro benzene ring substituents is 1. The molecule has 2 rings (SSSR count). The van der Waals surface area contributed by atoms with E-state index >= 15 is 0 Å². The van der Waals surface area contributed by atoms with Crippen LogP contribution in [0, 0.1) is 16.0 Å². The zero-order valence-corrected chi connectivity index (χ0v) is 15.5. The summed E-state index contributed by atoms with van der Waals surface area (Å²) in [5, 5.41) is 13.9. The van der Waals surface area contributed by atoms with Gasteiger partial charge in [0, 0.05) is 34.7 Å². The van der Waals surface area contributed by atoms with Crippen LogP contribution in [-0.4, -0.2) is 28.9 Å². The Balaban J connectivity index is 2.16. The van der Waals surface area contributed by atoms with Gasteiger partial charge in [-0.2, -0.15) is 0 Å². The van der Waals surface area contributed by atoms with Crippen molar-refractivity contribution in [3.63, 3.8) is 0 Å². The van der Waals surface area contributed by atoms with Gasteiger partial charge in [0.05, 0.1) is 14.9 Å². The molecule has 22 heavy (non-hydrogen) atoms. The van der Waals surface area contributed by atoms with Crippen LogP contribution < -0.4 is 5.32 Å². The molecule has 1 fully saturated rings. The number of carbonyl (C=O) groups is 1. The molecule has 1 saturated heterocycles. The van der Waals surface area contributed by atoms with Crippen LogP contribution in [0.4, 0.5) is 5.69 Å². The van der Waals surface area contributed by atoms with Crippen molar-refractivity contribution in [3.05, 3.63) is 38.3 Å². The zero-order valence-electron chi connectivity index (χ0n) is 12.3. The van der Waals surface area contributed by atoms with Gasteiger partial charge in [0.2, 0.25) is 5.91 Å². The Morgan fingerprint density at radius 2 is 2.09 bits per heavy atom. The van der Waals surface area contributed by atoms with E-state index in [-0.39, 0.29) is 26.5 Å². The van der Waals surface area contributed by atoms with Crippen molar-refractivity contribution in [2.75, 3.05) is 18.1 Å². The van der Waals surface area contributed by atoms with Crippen LogP contribution in [0.25, 0.3) is 0 Å². The normalized spacial score (nSPS) is 24.8. The number of halogens is 1. The van der Waals surface area contributed by atoms with Crippen LogP contribution in [0.3, 0.4) is 0 Å². The Morgan fingerprint density at radius 3 is 2.64 bits per heavy atom. The molecule has 120 valence electrons. The lowest BCUT2D eigenvalue weighted by molar-refractivity contribution is -0.385. The highest BCUT2D eigenvalue weighted by Gasteiger charge is 2.37. The monoisotopic (exact) mass is 404 g/mol. The molecule has 0 bridgehead atoms. The van der Waals surface area contributed by atoms with E-state index in [1.54, 1.807) is 29.6 Å². The van der Waals surface area contributed by atoms with Crippen molar-refractivity contribution >= 4 is 51.0 Å². The second-order valence-electron chi connectivity index (χ2n) is 5.11. The molecule has 0 aromatic heterocycles. The first-order chi connectivity index (χ1) is 10.4. The molecule has 1 aliphatic rings. The molecule has 0 spiro atoms. The number of rotatable bonds is 4. The Labute approximate surface area is 146 Å². The minimum Gasteiger partial charge on any atom is -0.356 e. The number of non-ortho nitro benzene ring substituents is 1. The van der Waals surface area contributed by atoms with Crippen molar-refractivity contribution in [1.82, 2.24) is 5.32 Å². The van der Waals surface area contributed by atoms with Crippen LogP contribution >= 0.6 is 39.5 Å². The van der Waals surface area contributed by atoms with Gasteiger partial charge in [-0.05, 0) is 25.5 Å². The van der Waals surface area contributed by atoms with Crippen LogP contribution in [-0.2, 0) is 8.87 Å². The molecule has 1 aromatic carbocycles. The van der Waals surface area contributed by atoms with Gasteiger partial charge in [0.25, 0.3) is 5.69 Å². The Bertz CT molecular complexity index is 589. The van der Waals surface area contributed by atoms with E-state index in [2.05, 4.69) is 28.2 Å². The van der Waals surface area contributed by atoms with Gasteiger partial charge in [0.1, 0.15) is 0 Å². The highest BCUT2D eigenvalue weighted by Crippen LogP contribution is 2.52. The molecule has 0 aliphatic carbocycles. The number of nitro groups is 1. The van der Waals surface area contributed by atoms with Crippen molar-refractivity contribution in [3.8, 4) is 0 Å². The highest BCUT2D eigenvalue weighted by molar-refractivity contribution is 9.10. The molecule has 1 amide bonds. The second-order valence-corrected chi connectivity index (χ2v) is 9.17.